The van der Waals surface area contributed by atoms with Crippen LogP contribution in [-0.2, 0) is 31.4 Å². The first-order chi connectivity index (χ1) is 12.6. The van der Waals surface area contributed by atoms with Crippen LogP contribution in [0.4, 0.5) is 4.79 Å². The summed E-state index contributed by atoms with van der Waals surface area (Å²) in [6.07, 6.45) is 1.46. The summed E-state index contributed by atoms with van der Waals surface area (Å²) >= 11 is 0. The van der Waals surface area contributed by atoms with Crippen molar-refractivity contribution in [1.82, 2.24) is 25.2 Å². The van der Waals surface area contributed by atoms with E-state index in [2.05, 4.69) is 19.9 Å². The van der Waals surface area contributed by atoms with E-state index >= 15 is 0 Å². The third kappa shape index (κ3) is 3.76. The SMILES string of the molecule is CN=C(NOCC(N)=O)[C@@H]1c2c(cnn2C)[C@@H]2CN1C(=O)N2OS(=O)(=O)O.O. The number of rotatable bonds is 6. The molecule has 28 heavy (non-hydrogen) atoms. The smallest absolute Gasteiger partial charge is 0.412 e. The van der Waals surface area contributed by atoms with Gasteiger partial charge >= 0.3 is 16.4 Å². The lowest BCUT2D eigenvalue weighted by molar-refractivity contribution is -0.123. The molecule has 3 rings (SSSR count). The van der Waals surface area contributed by atoms with Gasteiger partial charge in [0.25, 0.3) is 0 Å². The maximum Gasteiger partial charge on any atom is 0.418 e. The van der Waals surface area contributed by atoms with E-state index in [-0.39, 0.29) is 17.9 Å². The van der Waals surface area contributed by atoms with Gasteiger partial charge < -0.3 is 16.1 Å². The molecule has 0 saturated carbocycles. The predicted octanol–water partition coefficient (Wildman–Crippen LogP) is -2.80. The summed E-state index contributed by atoms with van der Waals surface area (Å²) in [5.74, 6) is -0.561. The molecule has 0 unspecified atom stereocenters. The number of hydrogen-bond donors (Lipinski definition) is 3. The van der Waals surface area contributed by atoms with Crippen molar-refractivity contribution in [3.8, 4) is 0 Å². The Morgan fingerprint density at radius 3 is 2.79 bits per heavy atom. The van der Waals surface area contributed by atoms with Gasteiger partial charge in [-0.3, -0.25) is 29.3 Å². The van der Waals surface area contributed by atoms with E-state index in [4.69, 9.17) is 15.1 Å². The number of carbonyl (C=O) groups excluding carboxylic acids is 2. The van der Waals surface area contributed by atoms with Crippen LogP contribution in [0.15, 0.2) is 11.2 Å². The molecule has 1 fully saturated rings. The van der Waals surface area contributed by atoms with Crippen molar-refractivity contribution in [2.45, 2.75) is 12.1 Å². The Morgan fingerprint density at radius 2 is 2.21 bits per heavy atom. The van der Waals surface area contributed by atoms with Crippen molar-refractivity contribution in [3.05, 3.63) is 17.5 Å². The van der Waals surface area contributed by atoms with E-state index in [1.807, 2.05) is 0 Å². The van der Waals surface area contributed by atoms with Gasteiger partial charge in [-0.25, -0.2) is 4.79 Å². The van der Waals surface area contributed by atoms with Gasteiger partial charge in [0.15, 0.2) is 6.61 Å². The lowest BCUT2D eigenvalue weighted by Gasteiger charge is -2.31. The molecule has 2 aliphatic rings. The Labute approximate surface area is 158 Å². The Morgan fingerprint density at radius 1 is 1.54 bits per heavy atom. The number of urea groups is 1. The lowest BCUT2D eigenvalue weighted by Crippen LogP contribution is -2.45. The van der Waals surface area contributed by atoms with Crippen molar-refractivity contribution >= 4 is 28.2 Å². The van der Waals surface area contributed by atoms with Gasteiger partial charge in [-0.2, -0.15) is 18.6 Å². The van der Waals surface area contributed by atoms with E-state index in [0.717, 1.165) is 0 Å². The first-order valence-electron chi connectivity index (χ1n) is 7.55. The molecule has 0 radical (unpaired) electrons. The molecule has 15 nitrogen and oxygen atoms in total. The third-order valence-electron chi connectivity index (χ3n) is 4.10. The summed E-state index contributed by atoms with van der Waals surface area (Å²) in [5, 5.41) is 4.70. The van der Waals surface area contributed by atoms with Crippen LogP contribution in [-0.4, -0.2) is 76.2 Å². The van der Waals surface area contributed by atoms with E-state index in [1.165, 1.54) is 22.8 Å². The molecular formula is C12H19N7O8S. The number of nitrogens with two attached hydrogens (primary N) is 1. The second-order valence-corrected chi connectivity index (χ2v) is 6.76. The zero-order valence-corrected chi connectivity index (χ0v) is 15.6. The van der Waals surface area contributed by atoms with Gasteiger partial charge in [0.2, 0.25) is 5.91 Å². The van der Waals surface area contributed by atoms with Gasteiger partial charge in [-0.1, -0.05) is 0 Å². The number of carbonyl (C=O) groups is 2. The molecule has 16 heteroatoms. The fourth-order valence-electron chi connectivity index (χ4n) is 3.11. The maximum atomic E-state index is 12.7. The summed E-state index contributed by atoms with van der Waals surface area (Å²) in [4.78, 5) is 33.8. The predicted molar refractivity (Wildman–Crippen MR) is 90.5 cm³/mol. The van der Waals surface area contributed by atoms with Crippen molar-refractivity contribution in [3.63, 3.8) is 0 Å². The highest BCUT2D eigenvalue weighted by Gasteiger charge is 2.53. The maximum absolute atomic E-state index is 12.7. The zero-order chi connectivity index (χ0) is 19.9. The quantitative estimate of drug-likeness (QED) is 0.187. The van der Waals surface area contributed by atoms with Gasteiger partial charge in [-0.15, -0.1) is 4.28 Å². The fourth-order valence-corrected chi connectivity index (χ4v) is 3.48. The van der Waals surface area contributed by atoms with Crippen LogP contribution >= 0.6 is 0 Å². The van der Waals surface area contributed by atoms with E-state index in [1.54, 1.807) is 7.05 Å². The number of nitrogens with one attached hydrogen (secondary N) is 1. The molecule has 0 aromatic carbocycles. The largest absolute Gasteiger partial charge is 0.418 e. The van der Waals surface area contributed by atoms with Crippen molar-refractivity contribution in [2.75, 3.05) is 20.2 Å². The van der Waals surface area contributed by atoms with E-state index < -0.39 is 41.0 Å². The van der Waals surface area contributed by atoms with Crippen LogP contribution in [0.5, 0.6) is 0 Å². The summed E-state index contributed by atoms with van der Waals surface area (Å²) in [7, 11) is -1.84. The number of nitrogens with zero attached hydrogens (tertiary/aromatic N) is 5. The second-order valence-electron chi connectivity index (χ2n) is 5.76. The molecule has 1 aromatic rings. The molecular weight excluding hydrogens is 402 g/mol. The van der Waals surface area contributed by atoms with Crippen molar-refractivity contribution in [2.24, 2.45) is 17.8 Å². The van der Waals surface area contributed by atoms with E-state index in [9.17, 15) is 18.0 Å². The van der Waals surface area contributed by atoms with Gasteiger partial charge in [-0.05, 0) is 0 Å². The molecule has 3 amide bonds. The lowest BCUT2D eigenvalue weighted by atomic mass is 9.97. The topological polar surface area (TPSA) is 213 Å². The Balaban J connectivity index is 0.00000280. The van der Waals surface area contributed by atoms with Crippen LogP contribution in [0, 0.1) is 0 Å². The molecule has 3 heterocycles. The number of hydrogen-bond acceptors (Lipinski definition) is 8. The Bertz CT molecular complexity index is 913. The average Bonchev–Trinajstić information content (AvgIpc) is 3.07. The molecule has 6 N–H and O–H groups in total. The molecule has 1 saturated heterocycles. The molecule has 156 valence electrons. The van der Waals surface area contributed by atoms with Gasteiger partial charge in [0.05, 0.1) is 18.4 Å². The highest BCUT2D eigenvalue weighted by molar-refractivity contribution is 7.80. The number of aliphatic imine (C=N–C) groups is 1. The molecule has 2 aliphatic heterocycles. The summed E-state index contributed by atoms with van der Waals surface area (Å²) < 4.78 is 37.1. The highest BCUT2D eigenvalue weighted by atomic mass is 32.3. The highest BCUT2D eigenvalue weighted by Crippen LogP contribution is 2.44. The standard InChI is InChI=1S/C12H17N7O7S.H2O/c1-14-11(16-25-5-8(13)20)10-9-6(3-15-17(9)2)7-4-18(10)12(21)19(7)26-27(22,23)24;/h3,7,10H,4-5H2,1-2H3,(H2,13,20)(H,14,16)(H,22,23,24);1H2/t7-,10-;/m0./s1. The van der Waals surface area contributed by atoms with Crippen LogP contribution < -0.4 is 11.2 Å². The Hall–Kier alpha value is -2.79. The number of primary amides is 1. The third-order valence-corrected chi connectivity index (χ3v) is 4.45. The summed E-state index contributed by atoms with van der Waals surface area (Å²) in [6, 6.07) is -2.44. The first kappa shape index (κ1) is 21.5. The number of amidine groups is 1. The van der Waals surface area contributed by atoms with E-state index in [0.29, 0.717) is 16.3 Å². The first-order valence-corrected chi connectivity index (χ1v) is 8.92. The fraction of sp³-hybridized carbons (Fsp3) is 0.500. The average molecular weight is 421 g/mol. The molecule has 2 atom stereocenters. The minimum atomic E-state index is -4.91. The second kappa shape index (κ2) is 7.68. The molecule has 1 aromatic heterocycles. The number of fused-ring (bicyclic) bond motifs is 4. The monoisotopic (exact) mass is 421 g/mol. The molecule has 2 bridgehead atoms. The van der Waals surface area contributed by atoms with Gasteiger partial charge in [0.1, 0.15) is 17.9 Å². The van der Waals surface area contributed by atoms with Crippen LogP contribution in [0.1, 0.15) is 23.3 Å². The minimum absolute atomic E-state index is 0. The van der Waals surface area contributed by atoms with Crippen molar-refractivity contribution in [1.29, 1.82) is 0 Å². The summed E-state index contributed by atoms with van der Waals surface area (Å²) in [5.41, 5.74) is 8.53. The van der Waals surface area contributed by atoms with Gasteiger partial charge in [0, 0.05) is 19.7 Å². The molecule has 0 aliphatic carbocycles. The normalized spacial score (nSPS) is 21.4. The number of amides is 3. The zero-order valence-electron chi connectivity index (χ0n) is 14.8. The molecule has 0 spiro atoms. The number of aromatic nitrogens is 2. The van der Waals surface area contributed by atoms with Crippen LogP contribution in [0.2, 0.25) is 0 Å². The number of aryl methyl sites for hydroxylation is 1. The van der Waals surface area contributed by atoms with Crippen LogP contribution in [0.25, 0.3) is 0 Å². The minimum Gasteiger partial charge on any atom is -0.412 e. The summed E-state index contributed by atoms with van der Waals surface area (Å²) in [6.45, 7) is -0.382. The number of hydroxylamine groups is 3. The van der Waals surface area contributed by atoms with Crippen molar-refractivity contribution < 1.29 is 37.2 Å². The Kier molecular flexibility index (Phi) is 5.90. The van der Waals surface area contributed by atoms with Crippen LogP contribution in [0.3, 0.4) is 0 Å².